The molecule has 1 rings (SSSR count). The second-order valence-corrected chi connectivity index (χ2v) is 6.48. The number of aliphatic carboxylic acids is 1. The van der Waals surface area contributed by atoms with Gasteiger partial charge in [0.15, 0.2) is 0 Å². The summed E-state index contributed by atoms with van der Waals surface area (Å²) in [7, 11) is 0. The quantitative estimate of drug-likeness (QED) is 0.790. The third-order valence-corrected chi connectivity index (χ3v) is 5.10. The van der Waals surface area contributed by atoms with Crippen LogP contribution in [0.25, 0.3) is 0 Å². The molecule has 1 aliphatic heterocycles. The van der Waals surface area contributed by atoms with Crippen molar-refractivity contribution in [3.05, 3.63) is 0 Å². The van der Waals surface area contributed by atoms with Crippen molar-refractivity contribution in [1.82, 2.24) is 10.2 Å². The number of thioether (sulfide) groups is 1. The minimum absolute atomic E-state index is 0.0276. The summed E-state index contributed by atoms with van der Waals surface area (Å²) in [6.07, 6.45) is 2.10. The average molecular weight is 302 g/mol. The zero-order chi connectivity index (χ0) is 15.1. The van der Waals surface area contributed by atoms with Gasteiger partial charge < -0.3 is 15.3 Å². The Kier molecular flexibility index (Phi) is 7.19. The molecular weight excluding hydrogens is 276 g/mol. The lowest BCUT2D eigenvalue weighted by Crippen LogP contribution is -2.53. The maximum absolute atomic E-state index is 12.3. The van der Waals surface area contributed by atoms with E-state index in [0.29, 0.717) is 18.2 Å². The SMILES string of the molecule is CCC(CC)C(C)NC(=O)N1CCSCC1CC(=O)O. The van der Waals surface area contributed by atoms with Crippen LogP contribution < -0.4 is 5.32 Å². The van der Waals surface area contributed by atoms with Crippen molar-refractivity contribution in [2.45, 2.75) is 52.1 Å². The Labute approximate surface area is 125 Å². The van der Waals surface area contributed by atoms with Crippen LogP contribution in [0.5, 0.6) is 0 Å². The lowest BCUT2D eigenvalue weighted by molar-refractivity contribution is -0.138. The zero-order valence-corrected chi connectivity index (χ0v) is 13.4. The van der Waals surface area contributed by atoms with Gasteiger partial charge in [-0.3, -0.25) is 4.79 Å². The third kappa shape index (κ3) is 4.89. The molecule has 1 saturated heterocycles. The fraction of sp³-hybridized carbons (Fsp3) is 0.857. The fourth-order valence-corrected chi connectivity index (χ4v) is 3.75. The van der Waals surface area contributed by atoms with Gasteiger partial charge in [-0.05, 0) is 12.8 Å². The first-order valence-electron chi connectivity index (χ1n) is 7.36. The molecule has 0 radical (unpaired) electrons. The molecule has 2 unspecified atom stereocenters. The number of hydrogen-bond acceptors (Lipinski definition) is 3. The highest BCUT2D eigenvalue weighted by atomic mass is 32.2. The normalized spacial score (nSPS) is 20.8. The number of nitrogens with zero attached hydrogens (tertiary/aromatic N) is 1. The Hall–Kier alpha value is -0.910. The van der Waals surface area contributed by atoms with Crippen LogP contribution in [-0.4, -0.2) is 52.1 Å². The largest absolute Gasteiger partial charge is 0.481 e. The Balaban J connectivity index is 2.60. The van der Waals surface area contributed by atoms with Gasteiger partial charge in [-0.2, -0.15) is 11.8 Å². The molecule has 0 saturated carbocycles. The third-order valence-electron chi connectivity index (χ3n) is 4.01. The molecular formula is C14H26N2O3S. The van der Waals surface area contributed by atoms with Gasteiger partial charge in [0.25, 0.3) is 0 Å². The first-order chi connectivity index (χ1) is 9.49. The van der Waals surface area contributed by atoms with Crippen molar-refractivity contribution >= 4 is 23.8 Å². The van der Waals surface area contributed by atoms with Crippen LogP contribution in [0.1, 0.15) is 40.0 Å². The van der Waals surface area contributed by atoms with Crippen molar-refractivity contribution in [2.75, 3.05) is 18.1 Å². The van der Waals surface area contributed by atoms with Crippen molar-refractivity contribution in [3.63, 3.8) is 0 Å². The van der Waals surface area contributed by atoms with Crippen molar-refractivity contribution in [2.24, 2.45) is 5.92 Å². The predicted octanol–water partition coefficient (Wildman–Crippen LogP) is 2.41. The van der Waals surface area contributed by atoms with Crippen molar-refractivity contribution in [3.8, 4) is 0 Å². The predicted molar refractivity (Wildman–Crippen MR) is 82.1 cm³/mol. The molecule has 0 aromatic heterocycles. The van der Waals surface area contributed by atoms with Crippen LogP contribution >= 0.6 is 11.8 Å². The molecule has 2 N–H and O–H groups in total. The van der Waals surface area contributed by atoms with Gasteiger partial charge in [-0.1, -0.05) is 26.7 Å². The number of hydrogen-bond donors (Lipinski definition) is 2. The summed E-state index contributed by atoms with van der Waals surface area (Å²) in [5, 5.41) is 12.0. The number of carboxylic acids is 1. The van der Waals surface area contributed by atoms with Gasteiger partial charge >= 0.3 is 12.0 Å². The van der Waals surface area contributed by atoms with E-state index < -0.39 is 5.97 Å². The highest BCUT2D eigenvalue weighted by Crippen LogP contribution is 2.20. The maximum Gasteiger partial charge on any atom is 0.317 e. The van der Waals surface area contributed by atoms with Crippen LogP contribution in [-0.2, 0) is 4.79 Å². The molecule has 20 heavy (non-hydrogen) atoms. The maximum atomic E-state index is 12.3. The number of nitrogens with one attached hydrogen (secondary N) is 1. The number of carboxylic acid groups (broad SMARTS) is 1. The molecule has 5 nitrogen and oxygen atoms in total. The minimum atomic E-state index is -0.844. The Morgan fingerprint density at radius 1 is 1.40 bits per heavy atom. The Morgan fingerprint density at radius 3 is 2.60 bits per heavy atom. The van der Waals surface area contributed by atoms with Crippen LogP contribution in [0.15, 0.2) is 0 Å². The monoisotopic (exact) mass is 302 g/mol. The number of rotatable bonds is 6. The van der Waals surface area contributed by atoms with E-state index in [0.717, 1.165) is 18.6 Å². The van der Waals surface area contributed by atoms with Crippen molar-refractivity contribution < 1.29 is 14.7 Å². The van der Waals surface area contributed by atoms with Crippen LogP contribution in [0, 0.1) is 5.92 Å². The van der Waals surface area contributed by atoms with Gasteiger partial charge in [0, 0.05) is 24.1 Å². The average Bonchev–Trinajstić information content (AvgIpc) is 2.39. The van der Waals surface area contributed by atoms with Gasteiger partial charge in [0.1, 0.15) is 0 Å². The molecule has 1 fully saturated rings. The molecule has 0 spiro atoms. The van der Waals surface area contributed by atoms with Gasteiger partial charge in [0.05, 0.1) is 12.5 Å². The lowest BCUT2D eigenvalue weighted by Gasteiger charge is -2.36. The molecule has 1 aliphatic rings. The first-order valence-corrected chi connectivity index (χ1v) is 8.51. The van der Waals surface area contributed by atoms with E-state index in [9.17, 15) is 9.59 Å². The lowest BCUT2D eigenvalue weighted by atomic mass is 9.96. The number of amides is 2. The van der Waals surface area contributed by atoms with E-state index in [1.54, 1.807) is 16.7 Å². The smallest absolute Gasteiger partial charge is 0.317 e. The van der Waals surface area contributed by atoms with Crippen LogP contribution in [0.2, 0.25) is 0 Å². The molecule has 0 aliphatic carbocycles. The molecule has 0 bridgehead atoms. The van der Waals surface area contributed by atoms with E-state index >= 15 is 0 Å². The van der Waals surface area contributed by atoms with Gasteiger partial charge in [-0.15, -0.1) is 0 Å². The van der Waals surface area contributed by atoms with E-state index in [2.05, 4.69) is 19.2 Å². The molecule has 0 aromatic rings. The summed E-state index contributed by atoms with van der Waals surface area (Å²) in [5.74, 6) is 1.21. The van der Waals surface area contributed by atoms with Gasteiger partial charge in [0.2, 0.25) is 0 Å². The summed E-state index contributed by atoms with van der Waals surface area (Å²) < 4.78 is 0. The molecule has 1 heterocycles. The number of carbonyl (C=O) groups is 2. The molecule has 2 atom stereocenters. The highest BCUT2D eigenvalue weighted by Gasteiger charge is 2.30. The van der Waals surface area contributed by atoms with Crippen LogP contribution in [0.4, 0.5) is 4.79 Å². The van der Waals surface area contributed by atoms with E-state index in [4.69, 9.17) is 5.11 Å². The fourth-order valence-electron chi connectivity index (χ4n) is 2.68. The van der Waals surface area contributed by atoms with E-state index in [1.165, 1.54) is 0 Å². The standard InChI is InChI=1S/C14H26N2O3S/c1-4-11(5-2)10(3)15-14(19)16-6-7-20-9-12(16)8-13(17)18/h10-12H,4-9H2,1-3H3,(H,15,19)(H,17,18). The summed E-state index contributed by atoms with van der Waals surface area (Å²) in [4.78, 5) is 24.9. The molecule has 6 heteroatoms. The highest BCUT2D eigenvalue weighted by molar-refractivity contribution is 7.99. The van der Waals surface area contributed by atoms with Crippen molar-refractivity contribution in [1.29, 1.82) is 0 Å². The first kappa shape index (κ1) is 17.1. The second kappa shape index (κ2) is 8.39. The minimum Gasteiger partial charge on any atom is -0.481 e. The van der Waals surface area contributed by atoms with Gasteiger partial charge in [-0.25, -0.2) is 4.79 Å². The van der Waals surface area contributed by atoms with E-state index in [-0.39, 0.29) is 24.5 Å². The number of carbonyl (C=O) groups excluding carboxylic acids is 1. The zero-order valence-electron chi connectivity index (χ0n) is 12.6. The van der Waals surface area contributed by atoms with E-state index in [1.807, 2.05) is 6.92 Å². The molecule has 2 amide bonds. The topological polar surface area (TPSA) is 69.6 Å². The molecule has 116 valence electrons. The molecule has 0 aromatic carbocycles. The number of urea groups is 1. The Bertz CT molecular complexity index is 334. The summed E-state index contributed by atoms with van der Waals surface area (Å²) in [5.41, 5.74) is 0. The van der Waals surface area contributed by atoms with Crippen LogP contribution in [0.3, 0.4) is 0 Å². The Morgan fingerprint density at radius 2 is 2.05 bits per heavy atom. The second-order valence-electron chi connectivity index (χ2n) is 5.33. The summed E-state index contributed by atoms with van der Waals surface area (Å²) in [6.45, 7) is 6.91. The summed E-state index contributed by atoms with van der Waals surface area (Å²) in [6, 6.07) is -0.186. The summed E-state index contributed by atoms with van der Waals surface area (Å²) >= 11 is 1.72.